The summed E-state index contributed by atoms with van der Waals surface area (Å²) in [6.07, 6.45) is 2.82. The van der Waals surface area contributed by atoms with Gasteiger partial charge in [-0.25, -0.2) is 9.59 Å². The molecule has 0 aliphatic heterocycles. The van der Waals surface area contributed by atoms with Crippen molar-refractivity contribution in [3.05, 3.63) is 65.7 Å². The van der Waals surface area contributed by atoms with E-state index in [1.54, 1.807) is 12.1 Å². The van der Waals surface area contributed by atoms with E-state index >= 15 is 0 Å². The number of benzene rings is 2. The molecule has 0 heterocycles. The molecule has 0 saturated heterocycles. The summed E-state index contributed by atoms with van der Waals surface area (Å²) in [5.74, 6) is -1.31. The minimum Gasteiger partial charge on any atom is -0.478 e. The zero-order valence-electron chi connectivity index (χ0n) is 15.4. The molecule has 1 aliphatic rings. The molecule has 3 rings (SSSR count). The van der Waals surface area contributed by atoms with E-state index in [2.05, 4.69) is 16.0 Å². The average Bonchev–Trinajstić information content (AvgIpc) is 3.17. The summed E-state index contributed by atoms with van der Waals surface area (Å²) in [4.78, 5) is 36.2. The number of amides is 3. The van der Waals surface area contributed by atoms with Crippen LogP contribution in [0.25, 0.3) is 0 Å². The number of urea groups is 1. The number of aromatic carboxylic acids is 1. The van der Waals surface area contributed by atoms with E-state index in [0.717, 1.165) is 18.4 Å². The van der Waals surface area contributed by atoms with Gasteiger partial charge >= 0.3 is 12.0 Å². The lowest BCUT2D eigenvalue weighted by molar-refractivity contribution is -0.121. The topological polar surface area (TPSA) is 108 Å². The summed E-state index contributed by atoms with van der Waals surface area (Å²) >= 11 is 0. The van der Waals surface area contributed by atoms with Gasteiger partial charge in [0.2, 0.25) is 5.91 Å². The van der Waals surface area contributed by atoms with Crippen LogP contribution in [0.2, 0.25) is 0 Å². The predicted octanol–water partition coefficient (Wildman–Crippen LogP) is 3.14. The number of anilines is 1. The fourth-order valence-corrected chi connectivity index (χ4v) is 3.37. The van der Waals surface area contributed by atoms with Crippen molar-refractivity contribution in [3.63, 3.8) is 0 Å². The Labute approximate surface area is 163 Å². The van der Waals surface area contributed by atoms with E-state index in [1.165, 1.54) is 12.1 Å². The van der Waals surface area contributed by atoms with Gasteiger partial charge in [-0.2, -0.15) is 0 Å². The van der Waals surface area contributed by atoms with Crippen molar-refractivity contribution in [2.24, 2.45) is 0 Å². The van der Waals surface area contributed by atoms with Gasteiger partial charge in [-0.15, -0.1) is 0 Å². The number of carbonyl (C=O) groups excluding carboxylic acids is 2. The molecule has 28 heavy (non-hydrogen) atoms. The highest BCUT2D eigenvalue weighted by Gasteiger charge is 2.42. The number of rotatable bonds is 6. The summed E-state index contributed by atoms with van der Waals surface area (Å²) < 4.78 is 0. The molecule has 7 heteroatoms. The Morgan fingerprint density at radius 2 is 1.57 bits per heavy atom. The van der Waals surface area contributed by atoms with Crippen LogP contribution < -0.4 is 16.0 Å². The van der Waals surface area contributed by atoms with E-state index in [0.29, 0.717) is 25.1 Å². The maximum Gasteiger partial charge on any atom is 0.335 e. The van der Waals surface area contributed by atoms with Gasteiger partial charge < -0.3 is 21.1 Å². The van der Waals surface area contributed by atoms with Crippen LogP contribution in [0.3, 0.4) is 0 Å². The standard InChI is InChI=1S/C21H23N3O4/c25-18(26)16-8-10-17(11-9-16)23-19(27)21(12-4-5-13-21)24-20(28)22-14-15-6-2-1-3-7-15/h1-3,6-11H,4-5,12-14H2,(H,23,27)(H,25,26)(H2,22,24,28). The Balaban J connectivity index is 1.62. The second-order valence-corrected chi connectivity index (χ2v) is 6.92. The second-order valence-electron chi connectivity index (χ2n) is 6.92. The average molecular weight is 381 g/mol. The normalized spacial score (nSPS) is 14.9. The zero-order chi connectivity index (χ0) is 20.0. The minimum absolute atomic E-state index is 0.145. The molecule has 2 aromatic carbocycles. The van der Waals surface area contributed by atoms with Crippen LogP contribution in [-0.2, 0) is 11.3 Å². The predicted molar refractivity (Wildman–Crippen MR) is 105 cm³/mol. The lowest BCUT2D eigenvalue weighted by Gasteiger charge is -2.29. The summed E-state index contributed by atoms with van der Waals surface area (Å²) in [6, 6.07) is 15.1. The van der Waals surface area contributed by atoms with Crippen molar-refractivity contribution < 1.29 is 19.5 Å². The molecule has 3 amide bonds. The SMILES string of the molecule is O=C(NCc1ccccc1)NC1(C(=O)Nc2ccc(C(=O)O)cc2)CCCC1. The highest BCUT2D eigenvalue weighted by molar-refractivity contribution is 6.01. The maximum atomic E-state index is 12.9. The van der Waals surface area contributed by atoms with Crippen LogP contribution in [0, 0.1) is 0 Å². The molecule has 0 spiro atoms. The largest absolute Gasteiger partial charge is 0.478 e. The Hall–Kier alpha value is -3.35. The first-order chi connectivity index (χ1) is 13.5. The van der Waals surface area contributed by atoms with E-state index < -0.39 is 11.5 Å². The van der Waals surface area contributed by atoms with Gasteiger partial charge in [0.25, 0.3) is 0 Å². The molecule has 0 bridgehead atoms. The maximum absolute atomic E-state index is 12.9. The molecule has 1 saturated carbocycles. The van der Waals surface area contributed by atoms with Crippen molar-refractivity contribution in [1.29, 1.82) is 0 Å². The van der Waals surface area contributed by atoms with Gasteiger partial charge in [0.15, 0.2) is 0 Å². The summed E-state index contributed by atoms with van der Waals surface area (Å²) in [6.45, 7) is 0.376. The molecule has 0 aromatic heterocycles. The van der Waals surface area contributed by atoms with Crippen LogP contribution in [0.15, 0.2) is 54.6 Å². The van der Waals surface area contributed by atoms with E-state index in [4.69, 9.17) is 5.11 Å². The first-order valence-corrected chi connectivity index (χ1v) is 9.23. The number of carboxylic acids is 1. The van der Waals surface area contributed by atoms with Gasteiger partial charge in [0.05, 0.1) is 5.56 Å². The number of hydrogen-bond acceptors (Lipinski definition) is 3. The van der Waals surface area contributed by atoms with Crippen LogP contribution in [0.5, 0.6) is 0 Å². The smallest absolute Gasteiger partial charge is 0.335 e. The van der Waals surface area contributed by atoms with Crippen LogP contribution in [0.1, 0.15) is 41.6 Å². The Kier molecular flexibility index (Phi) is 5.93. The first kappa shape index (κ1) is 19.4. The van der Waals surface area contributed by atoms with Crippen LogP contribution >= 0.6 is 0 Å². The number of carboxylic acid groups (broad SMARTS) is 1. The van der Waals surface area contributed by atoms with E-state index in [1.807, 2.05) is 30.3 Å². The molecule has 7 nitrogen and oxygen atoms in total. The molecular formula is C21H23N3O4. The lowest BCUT2D eigenvalue weighted by atomic mass is 9.96. The molecular weight excluding hydrogens is 358 g/mol. The molecule has 1 fully saturated rings. The van der Waals surface area contributed by atoms with Crippen molar-refractivity contribution >= 4 is 23.6 Å². The Morgan fingerprint density at radius 3 is 2.18 bits per heavy atom. The molecule has 0 unspecified atom stereocenters. The minimum atomic E-state index is -1.03. The summed E-state index contributed by atoms with van der Waals surface area (Å²) in [5.41, 5.74) is 0.646. The molecule has 4 N–H and O–H groups in total. The highest BCUT2D eigenvalue weighted by Crippen LogP contribution is 2.31. The third kappa shape index (κ3) is 4.68. The van der Waals surface area contributed by atoms with Crippen molar-refractivity contribution in [2.45, 2.75) is 37.8 Å². The zero-order valence-corrected chi connectivity index (χ0v) is 15.4. The van der Waals surface area contributed by atoms with Crippen molar-refractivity contribution in [3.8, 4) is 0 Å². The van der Waals surface area contributed by atoms with Gasteiger partial charge in [0.1, 0.15) is 5.54 Å². The second kappa shape index (κ2) is 8.56. The van der Waals surface area contributed by atoms with Gasteiger partial charge in [0, 0.05) is 12.2 Å². The highest BCUT2D eigenvalue weighted by atomic mass is 16.4. The number of nitrogens with one attached hydrogen (secondary N) is 3. The summed E-state index contributed by atoms with van der Waals surface area (Å²) in [7, 11) is 0. The third-order valence-corrected chi connectivity index (χ3v) is 4.93. The third-order valence-electron chi connectivity index (χ3n) is 4.93. The molecule has 0 radical (unpaired) electrons. The Morgan fingerprint density at radius 1 is 0.929 bits per heavy atom. The molecule has 0 atom stereocenters. The quantitative estimate of drug-likeness (QED) is 0.616. The number of hydrogen-bond donors (Lipinski definition) is 4. The lowest BCUT2D eigenvalue weighted by Crippen LogP contribution is -2.57. The Bertz CT molecular complexity index is 844. The fourth-order valence-electron chi connectivity index (χ4n) is 3.37. The van der Waals surface area contributed by atoms with Gasteiger partial charge in [-0.1, -0.05) is 43.2 Å². The molecule has 2 aromatic rings. The summed E-state index contributed by atoms with van der Waals surface area (Å²) in [5, 5.41) is 17.4. The monoisotopic (exact) mass is 381 g/mol. The van der Waals surface area contributed by atoms with Crippen LogP contribution in [0.4, 0.5) is 10.5 Å². The van der Waals surface area contributed by atoms with Crippen molar-refractivity contribution in [2.75, 3.05) is 5.32 Å². The first-order valence-electron chi connectivity index (χ1n) is 9.23. The van der Waals surface area contributed by atoms with Gasteiger partial charge in [-0.05, 0) is 42.7 Å². The number of carbonyl (C=O) groups is 3. The van der Waals surface area contributed by atoms with Crippen LogP contribution in [-0.4, -0.2) is 28.6 Å². The van der Waals surface area contributed by atoms with Gasteiger partial charge in [-0.3, -0.25) is 4.79 Å². The van der Waals surface area contributed by atoms with E-state index in [9.17, 15) is 14.4 Å². The fraction of sp³-hybridized carbons (Fsp3) is 0.286. The van der Waals surface area contributed by atoms with Crippen molar-refractivity contribution in [1.82, 2.24) is 10.6 Å². The molecule has 146 valence electrons. The molecule has 1 aliphatic carbocycles. The van der Waals surface area contributed by atoms with E-state index in [-0.39, 0.29) is 17.5 Å².